The van der Waals surface area contributed by atoms with Crippen molar-refractivity contribution in [3.8, 4) is 0 Å². The summed E-state index contributed by atoms with van der Waals surface area (Å²) in [7, 11) is 0. The van der Waals surface area contributed by atoms with Gasteiger partial charge in [-0.05, 0) is 13.3 Å². The van der Waals surface area contributed by atoms with Crippen molar-refractivity contribution < 1.29 is 23.5 Å². The van der Waals surface area contributed by atoms with Crippen molar-refractivity contribution in [3.63, 3.8) is 0 Å². The normalized spacial score (nSPS) is 25.9. The van der Waals surface area contributed by atoms with Gasteiger partial charge in [-0.3, -0.25) is 4.79 Å². The van der Waals surface area contributed by atoms with Crippen molar-refractivity contribution in [2.45, 2.75) is 19.3 Å². The molecule has 1 heterocycles. The molecular formula is C8H11F2NO3. The minimum atomic E-state index is -3.23. The van der Waals surface area contributed by atoms with Gasteiger partial charge in [-0.2, -0.15) is 0 Å². The first-order chi connectivity index (χ1) is 6.34. The molecule has 0 spiro atoms. The number of ketones is 1. The molecule has 1 atom stereocenters. The third-order valence-electron chi connectivity index (χ3n) is 2.36. The lowest BCUT2D eigenvalue weighted by molar-refractivity contribution is -0.145. The summed E-state index contributed by atoms with van der Waals surface area (Å²) < 4.78 is 26.4. The molecule has 1 amide bonds. The van der Waals surface area contributed by atoms with Crippen molar-refractivity contribution in [3.05, 3.63) is 0 Å². The SMILES string of the molecule is CC(=O)[C@@H]1CCN(C(=O)O)CC1(F)F. The van der Waals surface area contributed by atoms with Gasteiger partial charge in [0.2, 0.25) is 0 Å². The topological polar surface area (TPSA) is 57.6 Å². The second-order valence-electron chi connectivity index (χ2n) is 3.42. The molecule has 0 aromatic carbocycles. The van der Waals surface area contributed by atoms with E-state index in [1.54, 1.807) is 0 Å². The molecule has 1 saturated heterocycles. The molecule has 0 saturated carbocycles. The van der Waals surface area contributed by atoms with Gasteiger partial charge in [0, 0.05) is 6.54 Å². The van der Waals surface area contributed by atoms with Gasteiger partial charge in [-0.1, -0.05) is 0 Å². The number of carbonyl (C=O) groups excluding carboxylic acids is 1. The Bertz CT molecular complexity index is 267. The highest BCUT2D eigenvalue weighted by molar-refractivity contribution is 5.80. The Morgan fingerprint density at radius 2 is 2.07 bits per heavy atom. The number of halogens is 2. The largest absolute Gasteiger partial charge is 0.465 e. The quantitative estimate of drug-likeness (QED) is 0.703. The fourth-order valence-electron chi connectivity index (χ4n) is 1.60. The lowest BCUT2D eigenvalue weighted by Gasteiger charge is -2.35. The summed E-state index contributed by atoms with van der Waals surface area (Å²) in [5, 5.41) is 8.50. The number of hydrogen-bond acceptors (Lipinski definition) is 2. The van der Waals surface area contributed by atoms with Gasteiger partial charge in [0.05, 0.1) is 12.5 Å². The van der Waals surface area contributed by atoms with E-state index < -0.39 is 30.3 Å². The van der Waals surface area contributed by atoms with E-state index >= 15 is 0 Å². The standard InChI is InChI=1S/C8H11F2NO3/c1-5(12)6-2-3-11(7(13)14)4-8(6,9)10/h6H,2-4H2,1H3,(H,13,14)/t6-/m0/s1. The van der Waals surface area contributed by atoms with Crippen molar-refractivity contribution in [1.82, 2.24) is 4.90 Å². The van der Waals surface area contributed by atoms with Gasteiger partial charge in [0.25, 0.3) is 5.92 Å². The van der Waals surface area contributed by atoms with E-state index in [1.165, 1.54) is 0 Å². The molecule has 1 N–H and O–H groups in total. The third kappa shape index (κ3) is 2.00. The molecule has 0 aromatic heterocycles. The number of Topliss-reactive ketones (excluding diaryl/α,β-unsaturated/α-hetero) is 1. The fraction of sp³-hybridized carbons (Fsp3) is 0.750. The Morgan fingerprint density at radius 3 is 2.43 bits per heavy atom. The van der Waals surface area contributed by atoms with Gasteiger partial charge in [0.15, 0.2) is 0 Å². The Labute approximate surface area is 79.5 Å². The van der Waals surface area contributed by atoms with Crippen LogP contribution in [0.15, 0.2) is 0 Å². The van der Waals surface area contributed by atoms with E-state index in [-0.39, 0.29) is 13.0 Å². The van der Waals surface area contributed by atoms with E-state index in [4.69, 9.17) is 5.11 Å². The summed E-state index contributed by atoms with van der Waals surface area (Å²) in [5.74, 6) is -5.15. The molecule has 1 rings (SSSR count). The first kappa shape index (κ1) is 10.9. The summed E-state index contributed by atoms with van der Waals surface area (Å²) in [6.45, 7) is 0.219. The molecule has 80 valence electrons. The molecule has 6 heteroatoms. The van der Waals surface area contributed by atoms with Crippen molar-refractivity contribution >= 4 is 11.9 Å². The predicted molar refractivity (Wildman–Crippen MR) is 43.3 cm³/mol. The first-order valence-corrected chi connectivity index (χ1v) is 4.21. The molecule has 0 bridgehead atoms. The van der Waals surface area contributed by atoms with Gasteiger partial charge in [0.1, 0.15) is 5.78 Å². The van der Waals surface area contributed by atoms with Crippen LogP contribution in [0.2, 0.25) is 0 Å². The smallest absolute Gasteiger partial charge is 0.407 e. The molecule has 0 unspecified atom stereocenters. The predicted octanol–water partition coefficient (Wildman–Crippen LogP) is 1.21. The molecule has 0 aliphatic carbocycles. The average molecular weight is 207 g/mol. The van der Waals surface area contributed by atoms with Crippen LogP contribution in [0, 0.1) is 5.92 Å². The van der Waals surface area contributed by atoms with Gasteiger partial charge < -0.3 is 10.0 Å². The number of carbonyl (C=O) groups is 2. The highest BCUT2D eigenvalue weighted by atomic mass is 19.3. The summed E-state index contributed by atoms with van der Waals surface area (Å²) in [5.41, 5.74) is 0. The number of carboxylic acid groups (broad SMARTS) is 1. The molecule has 1 fully saturated rings. The molecule has 14 heavy (non-hydrogen) atoms. The van der Waals surface area contributed by atoms with Gasteiger partial charge in [-0.25, -0.2) is 13.6 Å². The van der Waals surface area contributed by atoms with Crippen molar-refractivity contribution in [2.24, 2.45) is 5.92 Å². The zero-order valence-corrected chi connectivity index (χ0v) is 7.67. The van der Waals surface area contributed by atoms with Crippen LogP contribution < -0.4 is 0 Å². The highest BCUT2D eigenvalue weighted by Crippen LogP contribution is 2.33. The average Bonchev–Trinajstić information content (AvgIpc) is 2.01. The van der Waals surface area contributed by atoms with Crippen LogP contribution in [0.3, 0.4) is 0 Å². The van der Waals surface area contributed by atoms with Crippen molar-refractivity contribution in [2.75, 3.05) is 13.1 Å². The van der Waals surface area contributed by atoms with E-state index in [0.717, 1.165) is 6.92 Å². The second-order valence-corrected chi connectivity index (χ2v) is 3.42. The molecule has 1 aliphatic rings. The van der Waals surface area contributed by atoms with E-state index in [0.29, 0.717) is 4.90 Å². The van der Waals surface area contributed by atoms with Crippen LogP contribution >= 0.6 is 0 Å². The van der Waals surface area contributed by atoms with E-state index in [2.05, 4.69) is 0 Å². The maximum Gasteiger partial charge on any atom is 0.407 e. The monoisotopic (exact) mass is 207 g/mol. The molecule has 4 nitrogen and oxygen atoms in total. The minimum absolute atomic E-state index is 0.00479. The number of rotatable bonds is 1. The zero-order chi connectivity index (χ0) is 10.9. The highest BCUT2D eigenvalue weighted by Gasteiger charge is 2.48. The van der Waals surface area contributed by atoms with Crippen LogP contribution in [-0.2, 0) is 4.79 Å². The summed E-state index contributed by atoms with van der Waals surface area (Å²) >= 11 is 0. The second kappa shape index (κ2) is 3.51. The summed E-state index contributed by atoms with van der Waals surface area (Å²) in [6, 6.07) is 0. The Hall–Kier alpha value is -1.20. The summed E-state index contributed by atoms with van der Waals surface area (Å²) in [4.78, 5) is 21.9. The number of likely N-dealkylation sites (tertiary alicyclic amines) is 1. The van der Waals surface area contributed by atoms with Crippen molar-refractivity contribution in [1.29, 1.82) is 0 Å². The Morgan fingerprint density at radius 1 is 1.50 bits per heavy atom. The van der Waals surface area contributed by atoms with E-state index in [1.807, 2.05) is 0 Å². The first-order valence-electron chi connectivity index (χ1n) is 4.21. The molecule has 0 aromatic rings. The van der Waals surface area contributed by atoms with Gasteiger partial charge >= 0.3 is 6.09 Å². The van der Waals surface area contributed by atoms with Crippen LogP contribution in [0.1, 0.15) is 13.3 Å². The van der Waals surface area contributed by atoms with Crippen LogP contribution in [-0.4, -0.2) is 40.9 Å². The Balaban J connectivity index is 2.75. The third-order valence-corrected chi connectivity index (χ3v) is 2.36. The molecule has 0 radical (unpaired) electrons. The van der Waals surface area contributed by atoms with Crippen LogP contribution in [0.25, 0.3) is 0 Å². The number of piperidine rings is 1. The lowest BCUT2D eigenvalue weighted by Crippen LogP contribution is -2.52. The number of hydrogen-bond donors (Lipinski definition) is 1. The zero-order valence-electron chi connectivity index (χ0n) is 7.67. The number of alkyl halides is 2. The van der Waals surface area contributed by atoms with Gasteiger partial charge in [-0.15, -0.1) is 0 Å². The maximum atomic E-state index is 13.2. The number of amides is 1. The van der Waals surface area contributed by atoms with Crippen LogP contribution in [0.5, 0.6) is 0 Å². The van der Waals surface area contributed by atoms with Crippen LogP contribution in [0.4, 0.5) is 13.6 Å². The fourth-order valence-corrected chi connectivity index (χ4v) is 1.60. The maximum absolute atomic E-state index is 13.2. The molecule has 1 aliphatic heterocycles. The number of nitrogens with zero attached hydrogens (tertiary/aromatic N) is 1. The lowest BCUT2D eigenvalue weighted by atomic mass is 9.90. The Kier molecular flexibility index (Phi) is 2.73. The summed E-state index contributed by atoms with van der Waals surface area (Å²) in [6.07, 6.45) is -1.47. The molecular weight excluding hydrogens is 196 g/mol. The van der Waals surface area contributed by atoms with E-state index in [9.17, 15) is 18.4 Å². The minimum Gasteiger partial charge on any atom is -0.465 e.